The minimum Gasteiger partial charge on any atom is -0.496 e. The summed E-state index contributed by atoms with van der Waals surface area (Å²) in [5.74, 6) is 2.97. The number of hydrogen-bond donors (Lipinski definition) is 2. The number of hydrogen-bond acceptors (Lipinski definition) is 4. The van der Waals surface area contributed by atoms with Gasteiger partial charge in [-0.05, 0) is 42.8 Å². The number of benzene rings is 2. The summed E-state index contributed by atoms with van der Waals surface area (Å²) in [6.07, 6.45) is 0. The molecule has 0 aliphatic carbocycles. The second-order valence-electron chi connectivity index (χ2n) is 5.69. The zero-order chi connectivity index (χ0) is 19.6. The van der Waals surface area contributed by atoms with E-state index in [0.29, 0.717) is 24.6 Å². The molecular weight excluding hydrogens is 410 g/mol. The topological polar surface area (TPSA) is 64.1 Å². The van der Waals surface area contributed by atoms with Gasteiger partial charge in [0.15, 0.2) is 17.5 Å². The van der Waals surface area contributed by atoms with E-state index in [1.54, 1.807) is 21.3 Å². The van der Waals surface area contributed by atoms with Crippen LogP contribution in [0.5, 0.6) is 17.2 Å². The van der Waals surface area contributed by atoms with E-state index in [-0.39, 0.29) is 0 Å². The van der Waals surface area contributed by atoms with Crippen molar-refractivity contribution in [2.45, 2.75) is 20.0 Å². The molecule has 0 saturated carbocycles. The van der Waals surface area contributed by atoms with Crippen molar-refractivity contribution in [3.63, 3.8) is 0 Å². The van der Waals surface area contributed by atoms with Crippen LogP contribution in [-0.2, 0) is 13.1 Å². The average Bonchev–Trinajstić information content (AvgIpc) is 2.69. The van der Waals surface area contributed by atoms with Crippen molar-refractivity contribution in [3.05, 3.63) is 52.0 Å². The number of guanidine groups is 1. The molecule has 2 aromatic carbocycles. The molecule has 0 bridgehead atoms. The minimum absolute atomic E-state index is 0.519. The van der Waals surface area contributed by atoms with Gasteiger partial charge in [-0.1, -0.05) is 22.0 Å². The summed E-state index contributed by atoms with van der Waals surface area (Å²) >= 11 is 3.50. The van der Waals surface area contributed by atoms with E-state index < -0.39 is 0 Å². The highest BCUT2D eigenvalue weighted by atomic mass is 79.9. The van der Waals surface area contributed by atoms with Crippen LogP contribution in [0.3, 0.4) is 0 Å². The fourth-order valence-corrected chi connectivity index (χ4v) is 2.96. The molecule has 0 aliphatic heterocycles. The molecule has 0 saturated heterocycles. The fraction of sp³-hybridized carbons (Fsp3) is 0.350. The smallest absolute Gasteiger partial charge is 0.191 e. The first-order valence-electron chi connectivity index (χ1n) is 8.66. The van der Waals surface area contributed by atoms with Crippen LogP contribution in [0.15, 0.2) is 45.9 Å². The number of methoxy groups -OCH3 is 3. The molecule has 6 nitrogen and oxygen atoms in total. The highest BCUT2D eigenvalue weighted by Crippen LogP contribution is 2.27. The SMILES string of the molecule is CCNC(=NCc1ccc(OC)c(OC)c1)NCc1cc(Br)ccc1OC. The summed E-state index contributed by atoms with van der Waals surface area (Å²) in [6, 6.07) is 11.7. The van der Waals surface area contributed by atoms with Gasteiger partial charge in [-0.2, -0.15) is 0 Å². The zero-order valence-corrected chi connectivity index (χ0v) is 17.7. The van der Waals surface area contributed by atoms with Gasteiger partial charge in [0.25, 0.3) is 0 Å². The number of nitrogens with zero attached hydrogens (tertiary/aromatic N) is 1. The molecule has 0 aliphatic rings. The summed E-state index contributed by atoms with van der Waals surface area (Å²) in [7, 11) is 4.92. The number of aliphatic imine (C=N–C) groups is 1. The summed E-state index contributed by atoms with van der Waals surface area (Å²) in [4.78, 5) is 4.65. The lowest BCUT2D eigenvalue weighted by Crippen LogP contribution is -2.36. The maximum atomic E-state index is 5.42. The van der Waals surface area contributed by atoms with Crippen LogP contribution >= 0.6 is 15.9 Å². The molecule has 0 atom stereocenters. The Morgan fingerprint density at radius 2 is 1.63 bits per heavy atom. The summed E-state index contributed by atoms with van der Waals surface area (Å²) in [5, 5.41) is 6.60. The van der Waals surface area contributed by atoms with E-state index in [0.717, 1.165) is 33.9 Å². The molecule has 146 valence electrons. The Labute approximate surface area is 169 Å². The van der Waals surface area contributed by atoms with Crippen molar-refractivity contribution in [3.8, 4) is 17.2 Å². The number of ether oxygens (including phenoxy) is 3. The lowest BCUT2D eigenvalue weighted by atomic mass is 10.2. The lowest BCUT2D eigenvalue weighted by molar-refractivity contribution is 0.354. The van der Waals surface area contributed by atoms with Gasteiger partial charge in [0.1, 0.15) is 5.75 Å². The van der Waals surface area contributed by atoms with Crippen LogP contribution in [0.1, 0.15) is 18.1 Å². The largest absolute Gasteiger partial charge is 0.496 e. The van der Waals surface area contributed by atoms with E-state index in [9.17, 15) is 0 Å². The van der Waals surface area contributed by atoms with Crippen molar-refractivity contribution in [1.82, 2.24) is 10.6 Å². The van der Waals surface area contributed by atoms with Crippen molar-refractivity contribution < 1.29 is 14.2 Å². The predicted molar refractivity (Wildman–Crippen MR) is 112 cm³/mol. The quantitative estimate of drug-likeness (QED) is 0.488. The highest BCUT2D eigenvalue weighted by molar-refractivity contribution is 9.10. The highest BCUT2D eigenvalue weighted by Gasteiger charge is 2.07. The zero-order valence-electron chi connectivity index (χ0n) is 16.1. The van der Waals surface area contributed by atoms with Gasteiger partial charge in [-0.25, -0.2) is 4.99 Å². The van der Waals surface area contributed by atoms with Gasteiger partial charge >= 0.3 is 0 Å². The van der Waals surface area contributed by atoms with Crippen LogP contribution in [0.25, 0.3) is 0 Å². The van der Waals surface area contributed by atoms with Gasteiger partial charge in [-0.3, -0.25) is 0 Å². The van der Waals surface area contributed by atoms with E-state index >= 15 is 0 Å². The number of rotatable bonds is 8. The lowest BCUT2D eigenvalue weighted by Gasteiger charge is -2.14. The summed E-state index contributed by atoms with van der Waals surface area (Å²) < 4.78 is 17.1. The molecule has 27 heavy (non-hydrogen) atoms. The predicted octanol–water partition coefficient (Wildman–Crippen LogP) is 3.73. The van der Waals surface area contributed by atoms with Crippen LogP contribution in [0.2, 0.25) is 0 Å². The van der Waals surface area contributed by atoms with Crippen LogP contribution < -0.4 is 24.8 Å². The Balaban J connectivity index is 2.09. The second kappa shape index (κ2) is 10.7. The van der Waals surface area contributed by atoms with E-state index in [1.165, 1.54) is 0 Å². The minimum atomic E-state index is 0.519. The van der Waals surface area contributed by atoms with E-state index in [1.807, 2.05) is 43.3 Å². The Morgan fingerprint density at radius 3 is 2.30 bits per heavy atom. The molecule has 7 heteroatoms. The molecule has 0 fully saturated rings. The Kier molecular flexibility index (Phi) is 8.26. The second-order valence-corrected chi connectivity index (χ2v) is 6.61. The molecule has 0 spiro atoms. The van der Waals surface area contributed by atoms with Gasteiger partial charge in [0.2, 0.25) is 0 Å². The molecule has 0 heterocycles. The molecule has 0 radical (unpaired) electrons. The third kappa shape index (κ3) is 6.06. The van der Waals surface area contributed by atoms with Crippen LogP contribution in [-0.4, -0.2) is 33.8 Å². The van der Waals surface area contributed by atoms with Crippen molar-refractivity contribution in [1.29, 1.82) is 0 Å². The number of halogens is 1. The Hall–Kier alpha value is -2.41. The maximum Gasteiger partial charge on any atom is 0.191 e. The molecular formula is C20H26BrN3O3. The first kappa shape index (κ1) is 20.9. The third-order valence-electron chi connectivity index (χ3n) is 3.90. The molecule has 0 amide bonds. The third-order valence-corrected chi connectivity index (χ3v) is 4.39. The first-order valence-corrected chi connectivity index (χ1v) is 9.46. The van der Waals surface area contributed by atoms with Crippen molar-refractivity contribution in [2.75, 3.05) is 27.9 Å². The van der Waals surface area contributed by atoms with E-state index in [4.69, 9.17) is 14.2 Å². The summed E-state index contributed by atoms with van der Waals surface area (Å²) in [6.45, 7) is 3.92. The van der Waals surface area contributed by atoms with Gasteiger partial charge in [0, 0.05) is 23.1 Å². The van der Waals surface area contributed by atoms with Crippen LogP contribution in [0.4, 0.5) is 0 Å². The van der Waals surface area contributed by atoms with E-state index in [2.05, 4.69) is 31.6 Å². The summed E-state index contributed by atoms with van der Waals surface area (Å²) in [5.41, 5.74) is 2.08. The number of nitrogens with one attached hydrogen (secondary N) is 2. The Bertz CT molecular complexity index is 781. The van der Waals surface area contributed by atoms with Gasteiger partial charge < -0.3 is 24.8 Å². The van der Waals surface area contributed by atoms with Gasteiger partial charge in [-0.15, -0.1) is 0 Å². The average molecular weight is 436 g/mol. The molecule has 0 aromatic heterocycles. The fourth-order valence-electron chi connectivity index (χ4n) is 2.56. The maximum absolute atomic E-state index is 5.42. The Morgan fingerprint density at radius 1 is 0.926 bits per heavy atom. The molecule has 0 unspecified atom stereocenters. The monoisotopic (exact) mass is 435 g/mol. The normalized spacial score (nSPS) is 11.1. The molecule has 2 aromatic rings. The van der Waals surface area contributed by atoms with Gasteiger partial charge in [0.05, 0.1) is 27.9 Å². The first-order chi connectivity index (χ1) is 13.1. The van der Waals surface area contributed by atoms with Crippen molar-refractivity contribution >= 4 is 21.9 Å². The standard InChI is InChI=1S/C20H26BrN3O3/c1-5-22-20(24-13-15-11-16(21)7-9-17(15)25-2)23-12-14-6-8-18(26-3)19(10-14)27-4/h6-11H,5,12-13H2,1-4H3,(H2,22,23,24). The van der Waals surface area contributed by atoms with Crippen molar-refractivity contribution in [2.24, 2.45) is 4.99 Å². The van der Waals surface area contributed by atoms with Crippen LogP contribution in [0, 0.1) is 0 Å². The molecule has 2 rings (SSSR count). The molecule has 2 N–H and O–H groups in total.